The maximum absolute atomic E-state index is 12.4. The van der Waals surface area contributed by atoms with Gasteiger partial charge in [-0.25, -0.2) is 4.79 Å². The molecule has 0 aliphatic carbocycles. The molecule has 0 aliphatic rings. The predicted octanol–water partition coefficient (Wildman–Crippen LogP) is 4.25. The zero-order valence-electron chi connectivity index (χ0n) is 16.8. The molecule has 0 fully saturated rings. The molecule has 0 unspecified atom stereocenters. The van der Waals surface area contributed by atoms with Crippen molar-refractivity contribution in [3.8, 4) is 0 Å². The van der Waals surface area contributed by atoms with Crippen molar-refractivity contribution in [3.05, 3.63) is 83.9 Å². The Balaban J connectivity index is 0.00000176. The van der Waals surface area contributed by atoms with Crippen molar-refractivity contribution in [3.63, 3.8) is 0 Å². The van der Waals surface area contributed by atoms with Crippen LogP contribution in [0.4, 0.5) is 0 Å². The summed E-state index contributed by atoms with van der Waals surface area (Å²) >= 11 is 0. The van der Waals surface area contributed by atoms with E-state index in [2.05, 4.69) is 20.7 Å². The number of benzene rings is 2. The molecule has 0 radical (unpaired) electrons. The molecule has 0 aliphatic heterocycles. The second-order valence-corrected chi connectivity index (χ2v) is 6.58. The molecule has 0 atom stereocenters. The molecule has 2 rings (SSSR count). The smallest absolute Gasteiger partial charge is 0.330 e. The predicted molar refractivity (Wildman–Crippen MR) is 109 cm³/mol. The summed E-state index contributed by atoms with van der Waals surface area (Å²) in [4.78, 5) is 23.5. The van der Waals surface area contributed by atoms with Crippen LogP contribution in [0.5, 0.6) is 0 Å². The van der Waals surface area contributed by atoms with Gasteiger partial charge in [-0.05, 0) is 0 Å². The molecule has 0 aromatic heterocycles. The number of quaternary nitrogens is 1. The van der Waals surface area contributed by atoms with Gasteiger partial charge < -0.3 is 9.22 Å². The highest BCUT2D eigenvalue weighted by Crippen LogP contribution is 2.14. The Labute approximate surface area is 162 Å². The summed E-state index contributed by atoms with van der Waals surface area (Å²) < 4.78 is 5.72. The fourth-order valence-electron chi connectivity index (χ4n) is 2.54. The van der Waals surface area contributed by atoms with E-state index in [1.165, 1.54) is 6.08 Å². The molecule has 0 amide bonds. The maximum Gasteiger partial charge on any atom is 0.330 e. The lowest BCUT2D eigenvalue weighted by molar-refractivity contribution is -0.903. The van der Waals surface area contributed by atoms with Gasteiger partial charge in [0.05, 0.1) is 14.1 Å². The topological polar surface area (TPSA) is 43.4 Å². The molecule has 4 nitrogen and oxygen atoms in total. The van der Waals surface area contributed by atoms with E-state index in [0.29, 0.717) is 28.8 Å². The number of esters is 1. The van der Waals surface area contributed by atoms with Gasteiger partial charge in [0.25, 0.3) is 0 Å². The number of hydrogen-bond acceptors (Lipinski definition) is 3. The standard InChI is InChI=1S/C21H24NO3.C2H6/c1-4-20(23)25-15-14-22(2,3)16-17-10-12-19(13-11-17)21(24)18-8-6-5-7-9-18;1-2/h4-13H,1,14-16H2,2-3H3;1-2H3/q+1;. The van der Waals surface area contributed by atoms with E-state index in [-0.39, 0.29) is 5.78 Å². The lowest BCUT2D eigenvalue weighted by atomic mass is 10.0. The lowest BCUT2D eigenvalue weighted by Crippen LogP contribution is -2.41. The average molecular weight is 368 g/mol. The fourth-order valence-corrected chi connectivity index (χ4v) is 2.54. The van der Waals surface area contributed by atoms with Crippen molar-refractivity contribution < 1.29 is 18.8 Å². The fraction of sp³-hybridized carbons (Fsp3) is 0.304. The first-order valence-electron chi connectivity index (χ1n) is 9.21. The Bertz CT molecular complexity index is 734. The van der Waals surface area contributed by atoms with E-state index < -0.39 is 5.97 Å². The monoisotopic (exact) mass is 368 g/mol. The molecule has 2 aromatic rings. The van der Waals surface area contributed by atoms with Crippen LogP contribution in [0.3, 0.4) is 0 Å². The molecular weight excluding hydrogens is 338 g/mol. The number of likely N-dealkylation sites (N-methyl/N-ethyl adjacent to an activating group) is 1. The highest BCUT2D eigenvalue weighted by molar-refractivity contribution is 6.08. The number of rotatable bonds is 8. The Hall–Kier alpha value is -2.72. The molecule has 144 valence electrons. The van der Waals surface area contributed by atoms with Gasteiger partial charge in [-0.1, -0.05) is 75.0 Å². The molecular formula is C23H30NO3+. The van der Waals surface area contributed by atoms with Crippen LogP contribution in [0, 0.1) is 0 Å². The first kappa shape index (κ1) is 22.3. The number of carbonyl (C=O) groups excluding carboxylic acids is 2. The van der Waals surface area contributed by atoms with Crippen molar-refractivity contribution in [1.29, 1.82) is 0 Å². The summed E-state index contributed by atoms with van der Waals surface area (Å²) in [6, 6.07) is 16.9. The molecule has 0 saturated carbocycles. The van der Waals surface area contributed by atoms with Gasteiger partial charge in [0.2, 0.25) is 0 Å². The minimum Gasteiger partial charge on any atom is -0.457 e. The minimum absolute atomic E-state index is 0.0252. The summed E-state index contributed by atoms with van der Waals surface area (Å²) in [5, 5.41) is 0. The Morgan fingerprint density at radius 1 is 0.963 bits per heavy atom. The highest BCUT2D eigenvalue weighted by atomic mass is 16.5. The Morgan fingerprint density at radius 3 is 2.07 bits per heavy atom. The van der Waals surface area contributed by atoms with E-state index >= 15 is 0 Å². The third-order valence-electron chi connectivity index (χ3n) is 3.97. The van der Waals surface area contributed by atoms with E-state index in [1.54, 1.807) is 0 Å². The van der Waals surface area contributed by atoms with Crippen molar-refractivity contribution in [2.24, 2.45) is 0 Å². The van der Waals surface area contributed by atoms with Crippen LogP contribution >= 0.6 is 0 Å². The van der Waals surface area contributed by atoms with Crippen LogP contribution in [0.1, 0.15) is 35.3 Å². The van der Waals surface area contributed by atoms with Crippen molar-refractivity contribution >= 4 is 11.8 Å². The molecule has 0 saturated heterocycles. The van der Waals surface area contributed by atoms with Crippen LogP contribution in [-0.2, 0) is 16.1 Å². The van der Waals surface area contributed by atoms with Crippen molar-refractivity contribution in [2.75, 3.05) is 27.2 Å². The van der Waals surface area contributed by atoms with Crippen LogP contribution in [0.2, 0.25) is 0 Å². The molecule has 0 bridgehead atoms. The number of ether oxygens (including phenoxy) is 1. The van der Waals surface area contributed by atoms with Gasteiger partial charge >= 0.3 is 5.97 Å². The minimum atomic E-state index is -0.399. The third-order valence-corrected chi connectivity index (χ3v) is 3.97. The van der Waals surface area contributed by atoms with Gasteiger partial charge in [0, 0.05) is 22.8 Å². The quantitative estimate of drug-likeness (QED) is 0.303. The zero-order valence-corrected chi connectivity index (χ0v) is 16.8. The van der Waals surface area contributed by atoms with Gasteiger partial charge in [0.1, 0.15) is 19.7 Å². The van der Waals surface area contributed by atoms with Gasteiger partial charge in [-0.2, -0.15) is 0 Å². The normalized spacial score (nSPS) is 10.4. The van der Waals surface area contributed by atoms with E-state index in [0.717, 1.165) is 12.1 Å². The molecule has 4 heteroatoms. The third kappa shape index (κ3) is 7.59. The summed E-state index contributed by atoms with van der Waals surface area (Å²) in [5.74, 6) is -0.374. The molecule has 27 heavy (non-hydrogen) atoms. The highest BCUT2D eigenvalue weighted by Gasteiger charge is 2.17. The van der Waals surface area contributed by atoms with E-state index in [4.69, 9.17) is 4.74 Å². The van der Waals surface area contributed by atoms with Crippen LogP contribution < -0.4 is 0 Å². The van der Waals surface area contributed by atoms with Gasteiger partial charge in [-0.15, -0.1) is 0 Å². The number of carbonyl (C=O) groups is 2. The van der Waals surface area contributed by atoms with Crippen LogP contribution in [0.25, 0.3) is 0 Å². The molecule has 0 heterocycles. The summed E-state index contributed by atoms with van der Waals surface area (Å²) in [6.07, 6.45) is 1.17. The maximum atomic E-state index is 12.4. The summed E-state index contributed by atoms with van der Waals surface area (Å²) in [7, 11) is 4.15. The first-order valence-corrected chi connectivity index (χ1v) is 9.21. The molecule has 0 spiro atoms. The average Bonchev–Trinajstić information content (AvgIpc) is 2.69. The number of nitrogens with zero attached hydrogens (tertiary/aromatic N) is 1. The van der Waals surface area contributed by atoms with Crippen molar-refractivity contribution in [1.82, 2.24) is 0 Å². The summed E-state index contributed by atoms with van der Waals surface area (Å²) in [6.45, 7) is 9.21. The van der Waals surface area contributed by atoms with Gasteiger partial charge in [-0.3, -0.25) is 4.79 Å². The molecule has 0 N–H and O–H groups in total. The lowest BCUT2D eigenvalue weighted by Gasteiger charge is -2.29. The number of ketones is 1. The second-order valence-electron chi connectivity index (χ2n) is 6.58. The molecule has 2 aromatic carbocycles. The van der Waals surface area contributed by atoms with Crippen LogP contribution in [0.15, 0.2) is 67.3 Å². The number of hydrogen-bond donors (Lipinski definition) is 0. The van der Waals surface area contributed by atoms with E-state index in [1.807, 2.05) is 68.4 Å². The second kappa shape index (κ2) is 11.1. The SMILES string of the molecule is C=CC(=O)OCC[N+](C)(C)Cc1ccc(C(=O)c2ccccc2)cc1.CC. The van der Waals surface area contributed by atoms with Crippen molar-refractivity contribution in [2.45, 2.75) is 20.4 Å². The summed E-state index contributed by atoms with van der Waals surface area (Å²) in [5.41, 5.74) is 2.50. The first-order chi connectivity index (χ1) is 12.9. The zero-order chi connectivity index (χ0) is 20.3. The Kier molecular flexibility index (Phi) is 9.17. The van der Waals surface area contributed by atoms with E-state index in [9.17, 15) is 9.59 Å². The van der Waals surface area contributed by atoms with Gasteiger partial charge in [0.15, 0.2) is 5.78 Å². The Morgan fingerprint density at radius 2 is 1.52 bits per heavy atom. The largest absolute Gasteiger partial charge is 0.457 e. The van der Waals surface area contributed by atoms with Crippen LogP contribution in [-0.4, -0.2) is 43.5 Å².